The van der Waals surface area contributed by atoms with Crippen molar-refractivity contribution in [3.8, 4) is 0 Å². The van der Waals surface area contributed by atoms with Gasteiger partial charge in [0.2, 0.25) is 0 Å². The Bertz CT molecular complexity index is 661. The highest BCUT2D eigenvalue weighted by Gasteiger charge is 2.22. The fraction of sp³-hybridized carbons (Fsp3) is 0.867. The van der Waals surface area contributed by atoms with E-state index in [1.165, 1.54) is 57.8 Å². The Balaban J connectivity index is 4.07. The van der Waals surface area contributed by atoms with Crippen molar-refractivity contribution in [2.75, 3.05) is 13.2 Å². The summed E-state index contributed by atoms with van der Waals surface area (Å²) in [6.07, 6.45) is 25.1. The first-order valence-corrected chi connectivity index (χ1v) is 17.0. The van der Waals surface area contributed by atoms with Gasteiger partial charge in [-0.15, -0.1) is 0 Å². The van der Waals surface area contributed by atoms with Crippen LogP contribution in [0.5, 0.6) is 0 Å². The number of carbonyl (C=O) groups excluding carboxylic acids is 2. The number of allylic oxidation sites excluding steroid dienone is 2. The van der Waals surface area contributed by atoms with Gasteiger partial charge in [0, 0.05) is 12.8 Å². The highest BCUT2D eigenvalue weighted by molar-refractivity contribution is 7.46. The van der Waals surface area contributed by atoms with E-state index in [9.17, 15) is 14.2 Å². The van der Waals surface area contributed by atoms with Crippen molar-refractivity contribution in [2.45, 2.75) is 155 Å². The Morgan fingerprint density at radius 2 is 1.10 bits per heavy atom. The first-order chi connectivity index (χ1) is 18.8. The number of ether oxygens (including phenoxy) is 2. The van der Waals surface area contributed by atoms with Crippen LogP contribution in [0.2, 0.25) is 0 Å². The Labute approximate surface area is 237 Å². The number of rotatable bonds is 28. The van der Waals surface area contributed by atoms with E-state index >= 15 is 0 Å². The number of hydrogen-bond acceptors (Lipinski definition) is 6. The van der Waals surface area contributed by atoms with Gasteiger partial charge < -0.3 is 19.3 Å². The van der Waals surface area contributed by atoms with E-state index in [0.717, 1.165) is 57.8 Å². The zero-order valence-corrected chi connectivity index (χ0v) is 25.7. The van der Waals surface area contributed by atoms with Crippen molar-refractivity contribution < 1.29 is 37.9 Å². The van der Waals surface area contributed by atoms with Crippen LogP contribution >= 0.6 is 7.82 Å². The smallest absolute Gasteiger partial charge is 0.462 e. The number of esters is 2. The molecule has 230 valence electrons. The molecule has 0 saturated heterocycles. The molecule has 1 atom stereocenters. The molecule has 0 bridgehead atoms. The third kappa shape index (κ3) is 29.6. The van der Waals surface area contributed by atoms with Crippen molar-refractivity contribution in [2.24, 2.45) is 0 Å². The number of unbranched alkanes of at least 4 members (excludes halogenated alkanes) is 16. The molecule has 0 spiro atoms. The second-order valence-corrected chi connectivity index (χ2v) is 11.7. The van der Waals surface area contributed by atoms with Gasteiger partial charge in [-0.2, -0.15) is 0 Å². The Hall–Kier alpha value is -1.21. The van der Waals surface area contributed by atoms with Crippen molar-refractivity contribution in [1.29, 1.82) is 0 Å². The fourth-order valence-corrected chi connectivity index (χ4v) is 4.54. The Kier molecular flexibility index (Phi) is 26.1. The minimum Gasteiger partial charge on any atom is -0.462 e. The van der Waals surface area contributed by atoms with Crippen LogP contribution in [-0.4, -0.2) is 41.0 Å². The molecule has 0 radical (unpaired) electrons. The van der Waals surface area contributed by atoms with Gasteiger partial charge in [-0.3, -0.25) is 14.1 Å². The molecule has 0 aliphatic heterocycles. The summed E-state index contributed by atoms with van der Waals surface area (Å²) in [6.45, 7) is 3.59. The molecule has 0 rings (SSSR count). The summed E-state index contributed by atoms with van der Waals surface area (Å²) >= 11 is 0. The van der Waals surface area contributed by atoms with Crippen LogP contribution < -0.4 is 0 Å². The maximum atomic E-state index is 12.2. The van der Waals surface area contributed by atoms with Crippen LogP contribution in [0.15, 0.2) is 12.2 Å². The van der Waals surface area contributed by atoms with Gasteiger partial charge in [0.15, 0.2) is 6.10 Å². The number of carbonyl (C=O) groups is 2. The highest BCUT2D eigenvalue weighted by atomic mass is 31.2. The lowest BCUT2D eigenvalue weighted by Gasteiger charge is -2.18. The van der Waals surface area contributed by atoms with Gasteiger partial charge in [-0.25, -0.2) is 4.57 Å². The second kappa shape index (κ2) is 27.0. The maximum Gasteiger partial charge on any atom is 0.469 e. The standard InChI is InChI=1S/C30H57O8P/c1-3-5-7-9-11-13-15-17-19-21-23-25-30(32)38-28(27-37-39(33,34)35)26-36-29(31)24-22-20-18-16-14-12-10-8-6-4-2/h9,11,28H,3-8,10,12-27H2,1-2H3,(H2,33,34,35)/b11-9-/t28-/m1/s1. The van der Waals surface area contributed by atoms with Crippen LogP contribution in [0.3, 0.4) is 0 Å². The molecule has 0 aromatic rings. The lowest BCUT2D eigenvalue weighted by molar-refractivity contribution is -0.161. The molecule has 0 unspecified atom stereocenters. The fourth-order valence-electron chi connectivity index (χ4n) is 4.18. The molecule has 9 heteroatoms. The Morgan fingerprint density at radius 1 is 0.641 bits per heavy atom. The number of hydrogen-bond donors (Lipinski definition) is 2. The van der Waals surface area contributed by atoms with E-state index < -0.39 is 32.5 Å². The van der Waals surface area contributed by atoms with Crippen LogP contribution in [0.25, 0.3) is 0 Å². The lowest BCUT2D eigenvalue weighted by Crippen LogP contribution is -2.29. The van der Waals surface area contributed by atoms with Crippen molar-refractivity contribution in [3.05, 3.63) is 12.2 Å². The first kappa shape index (κ1) is 37.8. The van der Waals surface area contributed by atoms with E-state index in [4.69, 9.17) is 19.3 Å². The predicted octanol–water partition coefficient (Wildman–Crippen LogP) is 8.34. The second-order valence-electron chi connectivity index (χ2n) is 10.4. The molecule has 0 fully saturated rings. The van der Waals surface area contributed by atoms with E-state index in [1.54, 1.807) is 0 Å². The average molecular weight is 577 g/mol. The zero-order chi connectivity index (χ0) is 29.0. The molecular weight excluding hydrogens is 519 g/mol. The van der Waals surface area contributed by atoms with Gasteiger partial charge >= 0.3 is 19.8 Å². The van der Waals surface area contributed by atoms with Crippen LogP contribution in [-0.2, 0) is 28.2 Å². The zero-order valence-electron chi connectivity index (χ0n) is 24.8. The van der Waals surface area contributed by atoms with Gasteiger partial charge in [-0.1, -0.05) is 116 Å². The van der Waals surface area contributed by atoms with Crippen molar-refractivity contribution >= 4 is 19.8 Å². The SMILES string of the molecule is CCCC/C=C\CCCCCCCC(=O)O[C@H](COC(=O)CCCCCCCCCCCC)COP(=O)(O)O. The number of phosphoric ester groups is 1. The molecule has 2 N–H and O–H groups in total. The largest absolute Gasteiger partial charge is 0.469 e. The van der Waals surface area contributed by atoms with Crippen molar-refractivity contribution in [1.82, 2.24) is 0 Å². The third-order valence-corrected chi connectivity index (χ3v) is 7.02. The maximum absolute atomic E-state index is 12.2. The van der Waals surface area contributed by atoms with Gasteiger partial charge in [-0.05, 0) is 32.1 Å². The van der Waals surface area contributed by atoms with Crippen LogP contribution in [0.1, 0.15) is 149 Å². The van der Waals surface area contributed by atoms with Crippen molar-refractivity contribution in [3.63, 3.8) is 0 Å². The quantitative estimate of drug-likeness (QED) is 0.0413. The van der Waals surface area contributed by atoms with Gasteiger partial charge in [0.05, 0.1) is 6.61 Å². The average Bonchev–Trinajstić information content (AvgIpc) is 2.89. The molecule has 0 aromatic carbocycles. The molecule has 0 saturated carbocycles. The molecule has 0 aliphatic carbocycles. The molecule has 0 aliphatic rings. The summed E-state index contributed by atoms with van der Waals surface area (Å²) in [5.41, 5.74) is 0. The molecule has 8 nitrogen and oxygen atoms in total. The molecular formula is C30H57O8P. The number of phosphoric acid groups is 1. The van der Waals surface area contributed by atoms with Crippen LogP contribution in [0, 0.1) is 0 Å². The predicted molar refractivity (Wildman–Crippen MR) is 156 cm³/mol. The van der Waals surface area contributed by atoms with E-state index in [-0.39, 0.29) is 19.4 Å². The summed E-state index contributed by atoms with van der Waals surface area (Å²) in [7, 11) is -4.73. The minimum absolute atomic E-state index is 0.204. The summed E-state index contributed by atoms with van der Waals surface area (Å²) in [6, 6.07) is 0. The topological polar surface area (TPSA) is 119 Å². The van der Waals surface area contributed by atoms with E-state index in [2.05, 4.69) is 30.5 Å². The lowest BCUT2D eigenvalue weighted by atomic mass is 10.1. The summed E-state index contributed by atoms with van der Waals surface area (Å²) in [5, 5.41) is 0. The molecule has 39 heavy (non-hydrogen) atoms. The summed E-state index contributed by atoms with van der Waals surface area (Å²) < 4.78 is 26.1. The summed E-state index contributed by atoms with van der Waals surface area (Å²) in [4.78, 5) is 42.3. The molecule has 0 aromatic heterocycles. The molecule has 0 heterocycles. The monoisotopic (exact) mass is 576 g/mol. The Morgan fingerprint density at radius 3 is 1.64 bits per heavy atom. The molecule has 0 amide bonds. The normalized spacial score (nSPS) is 12.6. The van der Waals surface area contributed by atoms with Gasteiger partial charge in [0.1, 0.15) is 6.61 Å². The summed E-state index contributed by atoms with van der Waals surface area (Å²) in [5.74, 6) is -0.897. The minimum atomic E-state index is -4.73. The highest BCUT2D eigenvalue weighted by Crippen LogP contribution is 2.35. The van der Waals surface area contributed by atoms with Gasteiger partial charge in [0.25, 0.3) is 0 Å². The van der Waals surface area contributed by atoms with E-state index in [1.807, 2.05) is 0 Å². The van der Waals surface area contributed by atoms with Crippen LogP contribution in [0.4, 0.5) is 0 Å². The third-order valence-electron chi connectivity index (χ3n) is 6.53. The first-order valence-electron chi connectivity index (χ1n) is 15.5. The van der Waals surface area contributed by atoms with E-state index in [0.29, 0.717) is 6.42 Å².